The number of rotatable bonds is 6. The van der Waals surface area contributed by atoms with E-state index in [1.165, 1.54) is 5.56 Å². The van der Waals surface area contributed by atoms with Crippen LogP contribution in [0, 0.1) is 13.8 Å². The van der Waals surface area contributed by atoms with Crippen LogP contribution in [-0.4, -0.2) is 27.3 Å². The second kappa shape index (κ2) is 8.98. The molecule has 6 nitrogen and oxygen atoms in total. The molecule has 27 heavy (non-hydrogen) atoms. The number of benzene rings is 1. The van der Waals surface area contributed by atoms with Crippen LogP contribution in [0.5, 0.6) is 0 Å². The summed E-state index contributed by atoms with van der Waals surface area (Å²) >= 11 is 0. The van der Waals surface area contributed by atoms with E-state index < -0.39 is 0 Å². The van der Waals surface area contributed by atoms with Crippen LogP contribution in [-0.2, 0) is 13.1 Å². The van der Waals surface area contributed by atoms with Gasteiger partial charge < -0.3 is 10.6 Å². The maximum atomic E-state index is 4.65. The SMILES string of the molecule is CCNC(=NCc1ccc(-n2nc(C)cc2C)nc1)NCc1ccccc1. The molecule has 6 heteroatoms. The summed E-state index contributed by atoms with van der Waals surface area (Å²) in [5.41, 5.74) is 4.34. The third-order valence-corrected chi connectivity index (χ3v) is 4.10. The quantitative estimate of drug-likeness (QED) is 0.522. The van der Waals surface area contributed by atoms with Gasteiger partial charge >= 0.3 is 0 Å². The number of guanidine groups is 1. The second-order valence-electron chi connectivity index (χ2n) is 6.40. The first-order valence-corrected chi connectivity index (χ1v) is 9.20. The van der Waals surface area contributed by atoms with Gasteiger partial charge in [-0.15, -0.1) is 0 Å². The van der Waals surface area contributed by atoms with Gasteiger partial charge in [0.15, 0.2) is 11.8 Å². The van der Waals surface area contributed by atoms with Gasteiger partial charge in [0.25, 0.3) is 0 Å². The zero-order valence-electron chi connectivity index (χ0n) is 16.1. The van der Waals surface area contributed by atoms with Crippen molar-refractivity contribution in [1.29, 1.82) is 0 Å². The molecule has 0 atom stereocenters. The Labute approximate surface area is 160 Å². The maximum Gasteiger partial charge on any atom is 0.191 e. The van der Waals surface area contributed by atoms with Crippen LogP contribution >= 0.6 is 0 Å². The van der Waals surface area contributed by atoms with Crippen molar-refractivity contribution in [2.45, 2.75) is 33.9 Å². The summed E-state index contributed by atoms with van der Waals surface area (Å²) in [6, 6.07) is 16.4. The predicted molar refractivity (Wildman–Crippen MR) is 109 cm³/mol. The van der Waals surface area contributed by atoms with Gasteiger partial charge in [0.1, 0.15) is 0 Å². The Kier molecular flexibility index (Phi) is 6.20. The highest BCUT2D eigenvalue weighted by Gasteiger charge is 2.05. The molecule has 2 aromatic heterocycles. The molecule has 0 spiro atoms. The highest BCUT2D eigenvalue weighted by molar-refractivity contribution is 5.79. The molecular weight excluding hydrogens is 336 g/mol. The first-order valence-electron chi connectivity index (χ1n) is 9.20. The summed E-state index contributed by atoms with van der Waals surface area (Å²) in [4.78, 5) is 9.19. The lowest BCUT2D eigenvalue weighted by Gasteiger charge is -2.11. The number of hydrogen-bond donors (Lipinski definition) is 2. The van der Waals surface area contributed by atoms with E-state index in [4.69, 9.17) is 0 Å². The second-order valence-corrected chi connectivity index (χ2v) is 6.40. The number of aryl methyl sites for hydroxylation is 2. The summed E-state index contributed by atoms with van der Waals surface area (Å²) in [6.07, 6.45) is 1.86. The smallest absolute Gasteiger partial charge is 0.191 e. The maximum absolute atomic E-state index is 4.65. The van der Waals surface area contributed by atoms with E-state index in [0.29, 0.717) is 6.54 Å². The molecule has 1 aromatic carbocycles. The summed E-state index contributed by atoms with van der Waals surface area (Å²) < 4.78 is 1.86. The van der Waals surface area contributed by atoms with Gasteiger partial charge in [-0.3, -0.25) is 0 Å². The molecule has 0 aliphatic heterocycles. The lowest BCUT2D eigenvalue weighted by atomic mass is 10.2. The Bertz CT molecular complexity index is 881. The monoisotopic (exact) mass is 362 g/mol. The largest absolute Gasteiger partial charge is 0.357 e. The Morgan fingerprint density at radius 1 is 1.04 bits per heavy atom. The lowest BCUT2D eigenvalue weighted by Crippen LogP contribution is -2.36. The van der Waals surface area contributed by atoms with E-state index in [1.807, 2.05) is 61.1 Å². The van der Waals surface area contributed by atoms with Crippen molar-refractivity contribution in [2.75, 3.05) is 6.54 Å². The van der Waals surface area contributed by atoms with Crippen molar-refractivity contribution in [1.82, 2.24) is 25.4 Å². The van der Waals surface area contributed by atoms with E-state index in [1.54, 1.807) is 0 Å². The first-order chi connectivity index (χ1) is 13.2. The zero-order valence-corrected chi connectivity index (χ0v) is 16.1. The van der Waals surface area contributed by atoms with Gasteiger partial charge in [-0.1, -0.05) is 36.4 Å². The first kappa shape index (κ1) is 18.6. The van der Waals surface area contributed by atoms with Crippen molar-refractivity contribution in [3.05, 3.63) is 77.2 Å². The van der Waals surface area contributed by atoms with Crippen molar-refractivity contribution in [2.24, 2.45) is 4.99 Å². The molecule has 3 rings (SSSR count). The van der Waals surface area contributed by atoms with Crippen LogP contribution in [0.4, 0.5) is 0 Å². The summed E-state index contributed by atoms with van der Waals surface area (Å²) in [6.45, 7) is 8.19. The fraction of sp³-hybridized carbons (Fsp3) is 0.286. The Balaban J connectivity index is 1.64. The third-order valence-electron chi connectivity index (χ3n) is 4.10. The molecule has 0 saturated heterocycles. The van der Waals surface area contributed by atoms with Gasteiger partial charge in [0.05, 0.1) is 12.2 Å². The zero-order chi connectivity index (χ0) is 19.1. The van der Waals surface area contributed by atoms with E-state index in [9.17, 15) is 0 Å². The van der Waals surface area contributed by atoms with E-state index in [-0.39, 0.29) is 0 Å². The van der Waals surface area contributed by atoms with E-state index in [0.717, 1.165) is 41.8 Å². The number of hydrogen-bond acceptors (Lipinski definition) is 3. The van der Waals surface area contributed by atoms with Gasteiger partial charge in [-0.2, -0.15) is 5.10 Å². The molecule has 0 aliphatic carbocycles. The minimum Gasteiger partial charge on any atom is -0.357 e. The minimum absolute atomic E-state index is 0.564. The van der Waals surface area contributed by atoms with Crippen LogP contribution in [0.2, 0.25) is 0 Å². The lowest BCUT2D eigenvalue weighted by molar-refractivity contribution is 0.799. The molecule has 2 heterocycles. The molecule has 0 radical (unpaired) electrons. The van der Waals surface area contributed by atoms with Crippen molar-refractivity contribution < 1.29 is 0 Å². The Hall–Kier alpha value is -3.15. The van der Waals surface area contributed by atoms with Crippen molar-refractivity contribution >= 4 is 5.96 Å². The number of pyridine rings is 1. The van der Waals surface area contributed by atoms with Crippen LogP contribution in [0.1, 0.15) is 29.4 Å². The van der Waals surface area contributed by atoms with Crippen molar-refractivity contribution in [3.63, 3.8) is 0 Å². The average molecular weight is 362 g/mol. The summed E-state index contributed by atoms with van der Waals surface area (Å²) in [5, 5.41) is 11.1. The molecule has 2 N–H and O–H groups in total. The Morgan fingerprint density at radius 2 is 1.85 bits per heavy atom. The summed E-state index contributed by atoms with van der Waals surface area (Å²) in [5.74, 6) is 1.62. The van der Waals surface area contributed by atoms with Gasteiger partial charge in [0.2, 0.25) is 0 Å². The molecule has 3 aromatic rings. The van der Waals surface area contributed by atoms with Gasteiger partial charge in [-0.25, -0.2) is 14.7 Å². The molecule has 0 amide bonds. The molecular formula is C21H26N6. The molecule has 0 bridgehead atoms. The van der Waals surface area contributed by atoms with Gasteiger partial charge in [-0.05, 0) is 44.0 Å². The van der Waals surface area contributed by atoms with Crippen molar-refractivity contribution in [3.8, 4) is 5.82 Å². The topological polar surface area (TPSA) is 67.1 Å². The predicted octanol–water partition coefficient (Wildman–Crippen LogP) is 3.14. The van der Waals surface area contributed by atoms with E-state index in [2.05, 4.69) is 44.8 Å². The molecule has 0 fully saturated rings. The molecule has 0 aliphatic rings. The molecule has 0 unspecified atom stereocenters. The average Bonchev–Trinajstić information content (AvgIpc) is 3.03. The number of nitrogens with zero attached hydrogens (tertiary/aromatic N) is 4. The molecule has 0 saturated carbocycles. The molecule has 140 valence electrons. The fourth-order valence-electron chi connectivity index (χ4n) is 2.79. The highest BCUT2D eigenvalue weighted by Crippen LogP contribution is 2.10. The third kappa shape index (κ3) is 5.17. The van der Waals surface area contributed by atoms with E-state index >= 15 is 0 Å². The van der Waals surface area contributed by atoms with Crippen LogP contribution in [0.25, 0.3) is 5.82 Å². The van der Waals surface area contributed by atoms with Crippen LogP contribution < -0.4 is 10.6 Å². The standard InChI is InChI=1S/C21H26N6/c1-4-22-21(24-13-18-8-6-5-7-9-18)25-15-19-10-11-20(23-14-19)27-17(3)12-16(2)26-27/h5-12,14H,4,13,15H2,1-3H3,(H2,22,24,25). The minimum atomic E-state index is 0.564. The van der Waals surface area contributed by atoms with Crippen LogP contribution in [0.15, 0.2) is 59.7 Å². The van der Waals surface area contributed by atoms with Gasteiger partial charge in [0, 0.05) is 25.0 Å². The fourth-order valence-corrected chi connectivity index (χ4v) is 2.79. The normalized spacial score (nSPS) is 11.4. The highest BCUT2D eigenvalue weighted by atomic mass is 15.3. The Morgan fingerprint density at radius 3 is 2.48 bits per heavy atom. The van der Waals surface area contributed by atoms with Crippen LogP contribution in [0.3, 0.4) is 0 Å². The summed E-state index contributed by atoms with van der Waals surface area (Å²) in [7, 11) is 0. The number of aromatic nitrogens is 3. The number of nitrogens with one attached hydrogen (secondary N) is 2. The number of aliphatic imine (C=N–C) groups is 1.